The molecule has 0 amide bonds. The van der Waals surface area contributed by atoms with Crippen molar-refractivity contribution in [1.29, 1.82) is 0 Å². The fourth-order valence-electron chi connectivity index (χ4n) is 3.23. The topological polar surface area (TPSA) is 0 Å². The molecule has 116 valence electrons. The second-order valence-electron chi connectivity index (χ2n) is 6.39. The largest absolute Gasteiger partial charge is 0.206 e. The molecule has 0 atom stereocenters. The van der Waals surface area contributed by atoms with Crippen molar-refractivity contribution in [2.24, 2.45) is 0 Å². The Morgan fingerprint density at radius 1 is 0.905 bits per heavy atom. The van der Waals surface area contributed by atoms with Gasteiger partial charge in [0.2, 0.25) is 0 Å². The molecular weight excluding hydrogens is 350 g/mol. The number of halogens is 3. The van der Waals surface area contributed by atoms with Crippen molar-refractivity contribution in [3.63, 3.8) is 0 Å². The molecule has 4 heteroatoms. The summed E-state index contributed by atoms with van der Waals surface area (Å²) in [5, 5.41) is 0. The summed E-state index contributed by atoms with van der Waals surface area (Å²) in [7, 11) is -1.90. The summed E-state index contributed by atoms with van der Waals surface area (Å²) in [5.41, 5.74) is 5.16. The zero-order valence-electron chi connectivity index (χ0n) is 13.5. The van der Waals surface area contributed by atoms with Crippen molar-refractivity contribution in [3.05, 3.63) is 33.8 Å². The highest BCUT2D eigenvalue weighted by atomic mass is 79.9. The highest BCUT2D eigenvalue weighted by Crippen LogP contribution is 2.40. The third-order valence-corrected chi connectivity index (χ3v) is 11.2. The van der Waals surface area contributed by atoms with Gasteiger partial charge in [0.05, 0.1) is 10.0 Å². The molecule has 0 aliphatic rings. The van der Waals surface area contributed by atoms with Crippen molar-refractivity contribution in [3.8, 4) is 11.5 Å². The maximum atomic E-state index is 13.9. The Balaban J connectivity index is 3.39. The molecule has 1 aromatic carbocycles. The summed E-state index contributed by atoms with van der Waals surface area (Å²) in [6.07, 6.45) is 0. The normalized spacial score (nSPS) is 12.0. The number of rotatable bonds is 3. The monoisotopic (exact) mass is 372 g/mol. The van der Waals surface area contributed by atoms with Gasteiger partial charge in [0, 0.05) is 6.07 Å². The van der Waals surface area contributed by atoms with Crippen LogP contribution in [0.2, 0.25) is 16.6 Å². The van der Waals surface area contributed by atoms with Gasteiger partial charge >= 0.3 is 0 Å². The van der Waals surface area contributed by atoms with E-state index in [9.17, 15) is 8.78 Å². The zero-order chi connectivity index (χ0) is 16.4. The molecule has 0 unspecified atom stereocenters. The molecule has 0 bridgehead atoms. The van der Waals surface area contributed by atoms with Gasteiger partial charge in [-0.15, -0.1) is 5.54 Å². The highest BCUT2D eigenvalue weighted by Gasteiger charge is 2.41. The van der Waals surface area contributed by atoms with Gasteiger partial charge in [-0.3, -0.25) is 0 Å². The Morgan fingerprint density at radius 2 is 1.38 bits per heavy atom. The van der Waals surface area contributed by atoms with E-state index in [1.165, 1.54) is 6.07 Å². The maximum Gasteiger partial charge on any atom is 0.146 e. The second kappa shape index (κ2) is 7.06. The Bertz CT molecular complexity index is 546. The molecule has 0 nitrogen and oxygen atoms in total. The predicted octanol–water partition coefficient (Wildman–Crippen LogP) is 6.30. The molecule has 0 N–H and O–H groups in total. The van der Waals surface area contributed by atoms with Gasteiger partial charge in [-0.1, -0.05) is 47.5 Å². The Labute approximate surface area is 136 Å². The zero-order valence-corrected chi connectivity index (χ0v) is 16.1. The van der Waals surface area contributed by atoms with Crippen LogP contribution in [-0.2, 0) is 0 Å². The highest BCUT2D eigenvalue weighted by molar-refractivity contribution is 9.10. The summed E-state index contributed by atoms with van der Waals surface area (Å²) in [6.45, 7) is 13.2. The quantitative estimate of drug-likeness (QED) is 0.331. The summed E-state index contributed by atoms with van der Waals surface area (Å²) in [4.78, 5) is 0. The fraction of sp³-hybridized carbons (Fsp3) is 0.529. The summed E-state index contributed by atoms with van der Waals surface area (Å²) in [5.74, 6) is 1.81. The van der Waals surface area contributed by atoms with E-state index in [1.54, 1.807) is 0 Å². The van der Waals surface area contributed by atoms with E-state index in [0.29, 0.717) is 16.6 Å². The molecule has 21 heavy (non-hydrogen) atoms. The van der Waals surface area contributed by atoms with Crippen LogP contribution in [0, 0.1) is 23.1 Å². The minimum absolute atomic E-state index is 0.249. The second-order valence-corrected chi connectivity index (χ2v) is 12.8. The van der Waals surface area contributed by atoms with Crippen LogP contribution in [0.25, 0.3) is 0 Å². The first-order chi connectivity index (χ1) is 9.62. The van der Waals surface area contributed by atoms with Crippen molar-refractivity contribution in [2.45, 2.75) is 58.2 Å². The van der Waals surface area contributed by atoms with Crippen LogP contribution in [0.5, 0.6) is 0 Å². The Kier molecular flexibility index (Phi) is 6.19. The predicted molar refractivity (Wildman–Crippen MR) is 92.0 cm³/mol. The fourth-order valence-corrected chi connectivity index (χ4v) is 8.79. The van der Waals surface area contributed by atoms with Crippen molar-refractivity contribution >= 4 is 24.0 Å². The standard InChI is InChI=1S/C17H23BrF2Si/c1-11(2)21(12(3)4,13(5)6)8-7-14-9-15(18)17(20)10-16(14)19/h9-13H,1-6H3. The molecular formula is C17H23BrF2Si. The van der Waals surface area contributed by atoms with Crippen molar-refractivity contribution < 1.29 is 8.78 Å². The maximum absolute atomic E-state index is 13.9. The summed E-state index contributed by atoms with van der Waals surface area (Å²) in [6, 6.07) is 2.31. The van der Waals surface area contributed by atoms with E-state index in [2.05, 4.69) is 68.9 Å². The minimum atomic E-state index is -1.90. The third kappa shape index (κ3) is 3.76. The van der Waals surface area contributed by atoms with E-state index in [-0.39, 0.29) is 10.0 Å². The van der Waals surface area contributed by atoms with Crippen LogP contribution in [0.3, 0.4) is 0 Å². The summed E-state index contributed by atoms with van der Waals surface area (Å²) < 4.78 is 27.4. The molecule has 0 saturated heterocycles. The SMILES string of the molecule is CC(C)[Si](C#Cc1cc(Br)c(F)cc1F)(C(C)C)C(C)C. The van der Waals surface area contributed by atoms with E-state index >= 15 is 0 Å². The van der Waals surface area contributed by atoms with E-state index in [1.807, 2.05) is 0 Å². The van der Waals surface area contributed by atoms with Crippen LogP contribution >= 0.6 is 15.9 Å². The van der Waals surface area contributed by atoms with Gasteiger partial charge in [0.15, 0.2) is 0 Å². The molecule has 1 aromatic rings. The van der Waals surface area contributed by atoms with E-state index in [4.69, 9.17) is 0 Å². The third-order valence-electron chi connectivity index (χ3n) is 4.29. The van der Waals surface area contributed by atoms with Crippen LogP contribution < -0.4 is 0 Å². The van der Waals surface area contributed by atoms with Crippen molar-refractivity contribution in [2.75, 3.05) is 0 Å². The lowest BCUT2D eigenvalue weighted by Crippen LogP contribution is -2.43. The first-order valence-corrected chi connectivity index (χ1v) is 10.3. The lowest BCUT2D eigenvalue weighted by molar-refractivity contribution is 0.577. The van der Waals surface area contributed by atoms with Gasteiger partial charge in [0.1, 0.15) is 19.7 Å². The minimum Gasteiger partial charge on any atom is -0.206 e. The molecule has 0 spiro atoms. The lowest BCUT2D eigenvalue weighted by atomic mass is 10.2. The lowest BCUT2D eigenvalue weighted by Gasteiger charge is -2.38. The van der Waals surface area contributed by atoms with Gasteiger partial charge in [-0.25, -0.2) is 8.78 Å². The van der Waals surface area contributed by atoms with Gasteiger partial charge in [-0.2, -0.15) is 0 Å². The van der Waals surface area contributed by atoms with Gasteiger partial charge < -0.3 is 0 Å². The van der Waals surface area contributed by atoms with Gasteiger partial charge in [0.25, 0.3) is 0 Å². The van der Waals surface area contributed by atoms with Crippen LogP contribution in [-0.4, -0.2) is 8.07 Å². The van der Waals surface area contributed by atoms with E-state index < -0.39 is 19.7 Å². The first kappa shape index (κ1) is 18.4. The number of benzene rings is 1. The van der Waals surface area contributed by atoms with Crippen LogP contribution in [0.15, 0.2) is 16.6 Å². The Hall–Kier alpha value is -0.663. The summed E-state index contributed by atoms with van der Waals surface area (Å²) >= 11 is 3.09. The first-order valence-electron chi connectivity index (χ1n) is 7.30. The molecule has 0 saturated carbocycles. The molecule has 0 radical (unpaired) electrons. The van der Waals surface area contributed by atoms with Crippen molar-refractivity contribution in [1.82, 2.24) is 0 Å². The molecule has 0 aromatic heterocycles. The number of hydrogen-bond donors (Lipinski definition) is 0. The molecule has 0 heterocycles. The Morgan fingerprint density at radius 3 is 1.81 bits per heavy atom. The smallest absolute Gasteiger partial charge is 0.146 e. The van der Waals surface area contributed by atoms with E-state index in [0.717, 1.165) is 6.07 Å². The molecule has 0 fully saturated rings. The average molecular weight is 373 g/mol. The number of hydrogen-bond acceptors (Lipinski definition) is 0. The average Bonchev–Trinajstić information content (AvgIpc) is 2.34. The van der Waals surface area contributed by atoms with Crippen LogP contribution in [0.4, 0.5) is 8.78 Å². The van der Waals surface area contributed by atoms with Crippen LogP contribution in [0.1, 0.15) is 47.1 Å². The molecule has 0 aliphatic heterocycles. The molecule has 0 aliphatic carbocycles. The molecule has 1 rings (SSSR count). The van der Waals surface area contributed by atoms with Gasteiger partial charge in [-0.05, 0) is 38.6 Å².